The zero-order chi connectivity index (χ0) is 13.8. The number of carbonyl (C=O) groups is 1. The second-order valence-corrected chi connectivity index (χ2v) is 6.04. The molecule has 5 heteroatoms. The van der Waals surface area contributed by atoms with Gasteiger partial charge in [0.15, 0.2) is 0 Å². The molecule has 2 rings (SSSR count). The first-order valence-electron chi connectivity index (χ1n) is 6.59. The van der Waals surface area contributed by atoms with E-state index >= 15 is 0 Å². The van der Waals surface area contributed by atoms with Crippen molar-refractivity contribution in [3.8, 4) is 0 Å². The Hall–Kier alpha value is -0.580. The van der Waals surface area contributed by atoms with E-state index in [1.807, 2.05) is 12.1 Å². The van der Waals surface area contributed by atoms with Gasteiger partial charge in [0, 0.05) is 17.1 Å². The van der Waals surface area contributed by atoms with Gasteiger partial charge in [0.25, 0.3) is 5.91 Å². The molecule has 1 saturated heterocycles. The van der Waals surface area contributed by atoms with Crippen molar-refractivity contribution < 1.29 is 4.79 Å². The minimum Gasteiger partial charge on any atom is -0.348 e. The fourth-order valence-electron chi connectivity index (χ4n) is 2.40. The second-order valence-electron chi connectivity index (χ2n) is 4.81. The number of carbonyl (C=O) groups excluding carboxylic acids is 1. The van der Waals surface area contributed by atoms with E-state index in [9.17, 15) is 4.79 Å². The molecule has 1 aromatic rings. The van der Waals surface area contributed by atoms with Crippen molar-refractivity contribution in [2.24, 2.45) is 0 Å². The van der Waals surface area contributed by atoms with Crippen LogP contribution in [0.4, 0.5) is 0 Å². The highest BCUT2D eigenvalue weighted by molar-refractivity contribution is 9.10. The van der Waals surface area contributed by atoms with Crippen molar-refractivity contribution >= 4 is 33.4 Å². The molecule has 1 atom stereocenters. The van der Waals surface area contributed by atoms with Gasteiger partial charge >= 0.3 is 0 Å². The van der Waals surface area contributed by atoms with Gasteiger partial charge in [0.05, 0.1) is 10.6 Å². The standard InChI is InChI=1S/C14H18BrClN2O/c1-2-18-8-4-5-10(9-18)17-14(19)11-6-3-7-12(15)13(11)16/h3,6-7,10H,2,4-5,8-9H2,1H3,(H,17,19). The van der Waals surface area contributed by atoms with E-state index in [4.69, 9.17) is 11.6 Å². The fraction of sp³-hybridized carbons (Fsp3) is 0.500. The first-order chi connectivity index (χ1) is 9.11. The van der Waals surface area contributed by atoms with E-state index in [-0.39, 0.29) is 11.9 Å². The van der Waals surface area contributed by atoms with Gasteiger partial charge in [0.2, 0.25) is 0 Å². The molecule has 0 saturated carbocycles. The maximum Gasteiger partial charge on any atom is 0.253 e. The molecule has 1 aliphatic heterocycles. The lowest BCUT2D eigenvalue weighted by molar-refractivity contribution is 0.0906. The summed E-state index contributed by atoms with van der Waals surface area (Å²) in [6.45, 7) is 5.23. The summed E-state index contributed by atoms with van der Waals surface area (Å²) >= 11 is 9.48. The first kappa shape index (κ1) is 14.8. The molecule has 0 aliphatic carbocycles. The van der Waals surface area contributed by atoms with E-state index in [1.54, 1.807) is 6.07 Å². The predicted octanol–water partition coefficient (Wildman–Crippen LogP) is 3.32. The Morgan fingerprint density at radius 3 is 3.11 bits per heavy atom. The van der Waals surface area contributed by atoms with Crippen LogP contribution >= 0.6 is 27.5 Å². The molecule has 0 aromatic heterocycles. The number of nitrogens with one attached hydrogen (secondary N) is 1. The van der Waals surface area contributed by atoms with E-state index < -0.39 is 0 Å². The second kappa shape index (κ2) is 6.73. The lowest BCUT2D eigenvalue weighted by Gasteiger charge is -2.32. The zero-order valence-electron chi connectivity index (χ0n) is 11.0. The molecule has 1 amide bonds. The predicted molar refractivity (Wildman–Crippen MR) is 81.8 cm³/mol. The number of likely N-dealkylation sites (N-methyl/N-ethyl adjacent to an activating group) is 1. The number of halogens is 2. The summed E-state index contributed by atoms with van der Waals surface area (Å²) in [4.78, 5) is 14.6. The molecule has 19 heavy (non-hydrogen) atoms. The van der Waals surface area contributed by atoms with Gasteiger partial charge in [-0.2, -0.15) is 0 Å². The van der Waals surface area contributed by atoms with Gasteiger partial charge in [-0.25, -0.2) is 0 Å². The molecule has 0 bridgehead atoms. The van der Waals surface area contributed by atoms with Crippen molar-refractivity contribution in [2.75, 3.05) is 19.6 Å². The topological polar surface area (TPSA) is 32.3 Å². The van der Waals surface area contributed by atoms with Gasteiger partial charge in [0.1, 0.15) is 0 Å². The number of hydrogen-bond acceptors (Lipinski definition) is 2. The summed E-state index contributed by atoms with van der Waals surface area (Å²) < 4.78 is 0.751. The van der Waals surface area contributed by atoms with Gasteiger partial charge in [-0.05, 0) is 54.0 Å². The van der Waals surface area contributed by atoms with Crippen LogP contribution in [0.25, 0.3) is 0 Å². The van der Waals surface area contributed by atoms with Crippen LogP contribution in [0, 0.1) is 0 Å². The highest BCUT2D eigenvalue weighted by atomic mass is 79.9. The molecule has 1 aliphatic rings. The average molecular weight is 346 g/mol. The van der Waals surface area contributed by atoms with Crippen LogP contribution in [0.15, 0.2) is 22.7 Å². The minimum absolute atomic E-state index is 0.0887. The SMILES string of the molecule is CCN1CCCC(NC(=O)c2cccc(Br)c2Cl)C1. The quantitative estimate of drug-likeness (QED) is 0.911. The third-order valence-corrected chi connectivity index (χ3v) is 4.78. The molecule has 1 unspecified atom stereocenters. The van der Waals surface area contributed by atoms with Gasteiger partial charge in [-0.1, -0.05) is 24.6 Å². The Morgan fingerprint density at radius 2 is 2.37 bits per heavy atom. The molecule has 3 nitrogen and oxygen atoms in total. The van der Waals surface area contributed by atoms with Crippen LogP contribution in [0.5, 0.6) is 0 Å². The van der Waals surface area contributed by atoms with Crippen LogP contribution in [-0.2, 0) is 0 Å². The lowest BCUT2D eigenvalue weighted by Crippen LogP contribution is -2.47. The van der Waals surface area contributed by atoms with E-state index in [0.717, 1.165) is 36.9 Å². The Morgan fingerprint density at radius 1 is 1.58 bits per heavy atom. The summed E-state index contributed by atoms with van der Waals surface area (Å²) in [5.74, 6) is -0.0887. The third kappa shape index (κ3) is 3.71. The van der Waals surface area contributed by atoms with E-state index in [1.165, 1.54) is 0 Å². The number of benzene rings is 1. The number of amides is 1. The highest BCUT2D eigenvalue weighted by Crippen LogP contribution is 2.26. The van der Waals surface area contributed by atoms with Crippen LogP contribution in [0.2, 0.25) is 5.02 Å². The Labute approximate surface area is 127 Å². The van der Waals surface area contributed by atoms with Gasteiger partial charge < -0.3 is 10.2 Å². The lowest BCUT2D eigenvalue weighted by atomic mass is 10.1. The van der Waals surface area contributed by atoms with Gasteiger partial charge in [-0.15, -0.1) is 0 Å². The normalized spacial score (nSPS) is 20.3. The van der Waals surface area contributed by atoms with Crippen LogP contribution in [-0.4, -0.2) is 36.5 Å². The average Bonchev–Trinajstić information content (AvgIpc) is 2.42. The Kier molecular flexibility index (Phi) is 5.25. The number of nitrogens with zero attached hydrogens (tertiary/aromatic N) is 1. The summed E-state index contributed by atoms with van der Waals surface area (Å²) in [6, 6.07) is 5.63. The summed E-state index contributed by atoms with van der Waals surface area (Å²) in [7, 11) is 0. The van der Waals surface area contributed by atoms with Crippen LogP contribution < -0.4 is 5.32 Å². The van der Waals surface area contributed by atoms with Crippen LogP contribution in [0.1, 0.15) is 30.1 Å². The number of rotatable bonds is 3. The molecule has 1 aromatic carbocycles. The minimum atomic E-state index is -0.0887. The summed E-state index contributed by atoms with van der Waals surface area (Å²) in [5.41, 5.74) is 0.532. The molecule has 104 valence electrons. The number of hydrogen-bond donors (Lipinski definition) is 1. The summed E-state index contributed by atoms with van der Waals surface area (Å²) in [5, 5.41) is 3.56. The van der Waals surface area contributed by atoms with E-state index in [2.05, 4.69) is 33.1 Å². The first-order valence-corrected chi connectivity index (χ1v) is 7.76. The van der Waals surface area contributed by atoms with Crippen LogP contribution in [0.3, 0.4) is 0 Å². The Bertz CT molecular complexity index is 467. The number of likely N-dealkylation sites (tertiary alicyclic amines) is 1. The Balaban J connectivity index is 2.02. The highest BCUT2D eigenvalue weighted by Gasteiger charge is 2.22. The maximum atomic E-state index is 12.2. The van der Waals surface area contributed by atoms with Crippen molar-refractivity contribution in [3.63, 3.8) is 0 Å². The zero-order valence-corrected chi connectivity index (χ0v) is 13.3. The van der Waals surface area contributed by atoms with Crippen molar-refractivity contribution in [2.45, 2.75) is 25.8 Å². The smallest absolute Gasteiger partial charge is 0.253 e. The third-order valence-electron chi connectivity index (χ3n) is 3.48. The molecular weight excluding hydrogens is 328 g/mol. The molecule has 1 fully saturated rings. The van der Waals surface area contributed by atoms with Crippen molar-refractivity contribution in [1.82, 2.24) is 10.2 Å². The molecule has 0 radical (unpaired) electrons. The fourth-order valence-corrected chi connectivity index (χ4v) is 2.98. The monoisotopic (exact) mass is 344 g/mol. The van der Waals surface area contributed by atoms with E-state index in [0.29, 0.717) is 10.6 Å². The van der Waals surface area contributed by atoms with Gasteiger partial charge in [-0.3, -0.25) is 4.79 Å². The maximum absolute atomic E-state index is 12.2. The van der Waals surface area contributed by atoms with Crippen molar-refractivity contribution in [3.05, 3.63) is 33.3 Å². The molecular formula is C14H18BrClN2O. The molecule has 1 N–H and O–H groups in total. The number of piperidine rings is 1. The molecule has 1 heterocycles. The molecule has 0 spiro atoms. The largest absolute Gasteiger partial charge is 0.348 e. The van der Waals surface area contributed by atoms with Crippen molar-refractivity contribution in [1.29, 1.82) is 0 Å². The summed E-state index contributed by atoms with van der Waals surface area (Å²) in [6.07, 6.45) is 2.17.